The van der Waals surface area contributed by atoms with Gasteiger partial charge in [-0.2, -0.15) is 0 Å². The topological polar surface area (TPSA) is 107 Å². The maximum absolute atomic E-state index is 12.0. The summed E-state index contributed by atoms with van der Waals surface area (Å²) in [7, 11) is 0. The van der Waals surface area contributed by atoms with Gasteiger partial charge in [0.2, 0.25) is 0 Å². The van der Waals surface area contributed by atoms with Crippen molar-refractivity contribution >= 4 is 5.97 Å². The molecule has 1 rings (SSSR count). The molecule has 1 aliphatic rings. The Labute approximate surface area is 178 Å². The molecule has 0 aromatic carbocycles. The van der Waals surface area contributed by atoms with Crippen molar-refractivity contribution in [2.45, 2.75) is 69.5 Å². The van der Waals surface area contributed by atoms with Gasteiger partial charge in [0.15, 0.2) is 0 Å². The van der Waals surface area contributed by atoms with E-state index in [1.165, 1.54) is 6.08 Å². The molecular formula is C24H34O6. The standard InChI is InChI=1S/C24H34O6/c1-19(25)16-23-14-10-6-2-4-8-12-20(26)17-22(28)18-21(27)13-9-5-3-7-11-15-24(29)30-23/h2-12,15,19-23,25-28H,13-14,16-18H2,1H3/b4-2-,7-3-,9-5-,10-6-,12-8-,15-11-/t19-,20-,21+,22+,23+/m0/s1. The Morgan fingerprint density at radius 1 is 0.900 bits per heavy atom. The molecular weight excluding hydrogens is 384 g/mol. The fraction of sp³-hybridized carbons (Fsp3) is 0.458. The molecule has 4 N–H and O–H groups in total. The number of rotatable bonds is 2. The summed E-state index contributed by atoms with van der Waals surface area (Å²) in [5.74, 6) is -0.485. The maximum Gasteiger partial charge on any atom is 0.331 e. The van der Waals surface area contributed by atoms with Gasteiger partial charge in [0.05, 0.1) is 24.4 Å². The normalized spacial score (nSPS) is 34.9. The third-order valence-corrected chi connectivity index (χ3v) is 4.26. The zero-order valence-electron chi connectivity index (χ0n) is 17.5. The van der Waals surface area contributed by atoms with E-state index in [0.29, 0.717) is 19.3 Å². The summed E-state index contributed by atoms with van der Waals surface area (Å²) in [6.07, 6.45) is 18.3. The summed E-state index contributed by atoms with van der Waals surface area (Å²) in [5, 5.41) is 39.5. The van der Waals surface area contributed by atoms with Crippen LogP contribution in [0.4, 0.5) is 0 Å². The van der Waals surface area contributed by atoms with Crippen molar-refractivity contribution in [3.8, 4) is 0 Å². The van der Waals surface area contributed by atoms with Crippen LogP contribution in [0.25, 0.3) is 0 Å². The lowest BCUT2D eigenvalue weighted by molar-refractivity contribution is -0.144. The third-order valence-electron chi connectivity index (χ3n) is 4.26. The number of ether oxygens (including phenoxy) is 1. The van der Waals surface area contributed by atoms with E-state index < -0.39 is 36.5 Å². The van der Waals surface area contributed by atoms with Crippen LogP contribution in [0.1, 0.15) is 39.0 Å². The fourth-order valence-corrected chi connectivity index (χ4v) is 2.85. The van der Waals surface area contributed by atoms with E-state index >= 15 is 0 Å². The van der Waals surface area contributed by atoms with Gasteiger partial charge in [-0.3, -0.25) is 0 Å². The third kappa shape index (κ3) is 13.8. The quantitative estimate of drug-likeness (QED) is 0.514. The van der Waals surface area contributed by atoms with Crippen LogP contribution in [0.3, 0.4) is 0 Å². The number of hydrogen-bond donors (Lipinski definition) is 4. The molecule has 5 atom stereocenters. The van der Waals surface area contributed by atoms with Crippen molar-refractivity contribution in [1.29, 1.82) is 0 Å². The first-order valence-corrected chi connectivity index (χ1v) is 10.3. The molecule has 166 valence electrons. The number of esters is 1. The molecule has 0 saturated carbocycles. The molecule has 30 heavy (non-hydrogen) atoms. The average Bonchev–Trinajstić information content (AvgIpc) is 2.64. The second-order valence-electron chi connectivity index (χ2n) is 7.33. The Morgan fingerprint density at radius 2 is 1.53 bits per heavy atom. The Hall–Kier alpha value is -2.25. The molecule has 1 heterocycles. The van der Waals surface area contributed by atoms with Crippen molar-refractivity contribution < 1.29 is 30.0 Å². The Balaban J connectivity index is 2.82. The first-order valence-electron chi connectivity index (χ1n) is 10.3. The predicted molar refractivity (Wildman–Crippen MR) is 118 cm³/mol. The lowest BCUT2D eigenvalue weighted by Gasteiger charge is -2.16. The molecule has 0 aliphatic carbocycles. The smallest absolute Gasteiger partial charge is 0.331 e. The van der Waals surface area contributed by atoms with Crippen LogP contribution in [0.2, 0.25) is 0 Å². The minimum atomic E-state index is -0.807. The molecule has 0 fully saturated rings. The highest BCUT2D eigenvalue weighted by molar-refractivity contribution is 5.82. The van der Waals surface area contributed by atoms with E-state index in [1.54, 1.807) is 67.7 Å². The van der Waals surface area contributed by atoms with Gasteiger partial charge in [-0.1, -0.05) is 66.8 Å². The van der Waals surface area contributed by atoms with Crippen LogP contribution >= 0.6 is 0 Å². The van der Waals surface area contributed by atoms with Crippen molar-refractivity contribution in [2.24, 2.45) is 0 Å². The largest absolute Gasteiger partial charge is 0.459 e. The summed E-state index contributed by atoms with van der Waals surface area (Å²) in [4.78, 5) is 12.0. The molecule has 0 radical (unpaired) electrons. The monoisotopic (exact) mass is 418 g/mol. The van der Waals surface area contributed by atoms with Crippen LogP contribution in [0.5, 0.6) is 0 Å². The number of hydrogen-bond acceptors (Lipinski definition) is 6. The predicted octanol–water partition coefficient (Wildman–Crippen LogP) is 2.66. The van der Waals surface area contributed by atoms with Gasteiger partial charge in [-0.25, -0.2) is 4.79 Å². The van der Waals surface area contributed by atoms with Crippen LogP contribution in [0.15, 0.2) is 72.9 Å². The first-order chi connectivity index (χ1) is 14.4. The van der Waals surface area contributed by atoms with Crippen LogP contribution in [-0.2, 0) is 9.53 Å². The molecule has 0 spiro atoms. The fourth-order valence-electron chi connectivity index (χ4n) is 2.85. The number of carbonyl (C=O) groups excluding carboxylic acids is 1. The second kappa shape index (κ2) is 15.6. The summed E-state index contributed by atoms with van der Waals surface area (Å²) in [6.45, 7) is 1.65. The zero-order chi connectivity index (χ0) is 22.2. The van der Waals surface area contributed by atoms with Crippen molar-refractivity contribution in [1.82, 2.24) is 0 Å². The SMILES string of the molecule is C[C@H](O)C[C@H]1C\C=C/C=C\C=C/[C@H](O)C[C@@H](O)C[C@H](O)C\C=C/C=C\C=C/C(=O)O1. The first kappa shape index (κ1) is 25.8. The second-order valence-corrected chi connectivity index (χ2v) is 7.33. The number of carbonyl (C=O) groups is 1. The van der Waals surface area contributed by atoms with E-state index in [-0.39, 0.29) is 12.8 Å². The molecule has 0 aromatic heterocycles. The van der Waals surface area contributed by atoms with E-state index in [9.17, 15) is 25.2 Å². The van der Waals surface area contributed by atoms with E-state index in [1.807, 2.05) is 6.08 Å². The number of aliphatic hydroxyl groups excluding tert-OH is 4. The Morgan fingerprint density at radius 3 is 2.23 bits per heavy atom. The molecule has 0 unspecified atom stereocenters. The summed E-state index contributed by atoms with van der Waals surface area (Å²) in [5.41, 5.74) is 0. The Kier molecular flexibility index (Phi) is 13.4. The molecule has 0 aromatic rings. The van der Waals surface area contributed by atoms with Crippen molar-refractivity contribution in [3.05, 3.63) is 72.9 Å². The lowest BCUT2D eigenvalue weighted by atomic mass is 10.0. The van der Waals surface area contributed by atoms with E-state index in [4.69, 9.17) is 4.74 Å². The van der Waals surface area contributed by atoms with Gasteiger partial charge in [0, 0.05) is 25.3 Å². The molecule has 0 bridgehead atoms. The molecule has 0 amide bonds. The van der Waals surface area contributed by atoms with Crippen molar-refractivity contribution in [3.63, 3.8) is 0 Å². The summed E-state index contributed by atoms with van der Waals surface area (Å²) >= 11 is 0. The van der Waals surface area contributed by atoms with Gasteiger partial charge >= 0.3 is 5.97 Å². The minimum Gasteiger partial charge on any atom is -0.459 e. The van der Waals surface area contributed by atoms with Gasteiger partial charge in [0.25, 0.3) is 0 Å². The van der Waals surface area contributed by atoms with Gasteiger partial charge < -0.3 is 25.2 Å². The van der Waals surface area contributed by atoms with E-state index in [0.717, 1.165) is 0 Å². The minimum absolute atomic E-state index is 0.151. The highest BCUT2D eigenvalue weighted by Crippen LogP contribution is 2.11. The molecule has 6 heteroatoms. The van der Waals surface area contributed by atoms with E-state index in [2.05, 4.69) is 0 Å². The molecule has 0 saturated heterocycles. The average molecular weight is 419 g/mol. The van der Waals surface area contributed by atoms with Crippen LogP contribution in [-0.4, -0.2) is 56.9 Å². The van der Waals surface area contributed by atoms with Crippen LogP contribution in [0, 0.1) is 0 Å². The Bertz CT molecular complexity index is 657. The van der Waals surface area contributed by atoms with Crippen molar-refractivity contribution in [2.75, 3.05) is 0 Å². The molecule has 6 nitrogen and oxygen atoms in total. The van der Waals surface area contributed by atoms with Gasteiger partial charge in [-0.15, -0.1) is 0 Å². The highest BCUT2D eigenvalue weighted by Gasteiger charge is 2.15. The number of cyclic esters (lactones) is 1. The summed E-state index contributed by atoms with van der Waals surface area (Å²) < 4.78 is 5.40. The summed E-state index contributed by atoms with van der Waals surface area (Å²) in [6, 6.07) is 0. The van der Waals surface area contributed by atoms with Gasteiger partial charge in [-0.05, 0) is 19.8 Å². The maximum atomic E-state index is 12.0. The number of allylic oxidation sites excluding steroid dienone is 8. The zero-order valence-corrected chi connectivity index (χ0v) is 17.5. The lowest BCUT2D eigenvalue weighted by Crippen LogP contribution is -2.21. The van der Waals surface area contributed by atoms with Crippen LogP contribution < -0.4 is 0 Å². The number of aliphatic hydroxyl groups is 4. The molecule has 1 aliphatic heterocycles. The highest BCUT2D eigenvalue weighted by atomic mass is 16.5. The van der Waals surface area contributed by atoms with Gasteiger partial charge in [0.1, 0.15) is 6.10 Å².